The van der Waals surface area contributed by atoms with Gasteiger partial charge in [-0.25, -0.2) is 9.59 Å². The lowest BCUT2D eigenvalue weighted by Crippen LogP contribution is -2.45. The number of benzene rings is 1. The molecule has 0 bridgehead atoms. The van der Waals surface area contributed by atoms with Gasteiger partial charge in [0.15, 0.2) is 0 Å². The number of amides is 2. The molecule has 2 amide bonds. The summed E-state index contributed by atoms with van der Waals surface area (Å²) in [6.07, 6.45) is 0. The van der Waals surface area contributed by atoms with Crippen LogP contribution in [0.1, 0.15) is 32.4 Å². The van der Waals surface area contributed by atoms with E-state index in [0.717, 1.165) is 17.1 Å². The van der Waals surface area contributed by atoms with Crippen molar-refractivity contribution in [2.24, 2.45) is 0 Å². The SMILES string of the molecule is CCOc1ccccc1[C@H]1NC(=O)NC(C)=C1C(=O)OCCSCC. The number of para-hydroxylation sites is 1. The first-order valence-electron chi connectivity index (χ1n) is 8.33. The lowest BCUT2D eigenvalue weighted by atomic mass is 9.95. The first kappa shape index (κ1) is 19.2. The van der Waals surface area contributed by atoms with E-state index in [0.29, 0.717) is 30.2 Å². The zero-order chi connectivity index (χ0) is 18.2. The molecule has 1 heterocycles. The van der Waals surface area contributed by atoms with Crippen molar-refractivity contribution >= 4 is 23.8 Å². The predicted molar refractivity (Wildman–Crippen MR) is 98.7 cm³/mol. The maximum Gasteiger partial charge on any atom is 0.338 e. The van der Waals surface area contributed by atoms with Crippen LogP contribution in [-0.4, -0.2) is 36.7 Å². The largest absolute Gasteiger partial charge is 0.494 e. The van der Waals surface area contributed by atoms with E-state index in [1.54, 1.807) is 18.7 Å². The fourth-order valence-electron chi connectivity index (χ4n) is 2.62. The van der Waals surface area contributed by atoms with Gasteiger partial charge in [-0.2, -0.15) is 11.8 Å². The molecule has 0 aromatic heterocycles. The Balaban J connectivity index is 2.29. The molecule has 1 aromatic rings. The third-order valence-corrected chi connectivity index (χ3v) is 4.55. The van der Waals surface area contributed by atoms with Crippen molar-refractivity contribution in [1.82, 2.24) is 10.6 Å². The Kier molecular flexibility index (Phi) is 7.18. The Labute approximate surface area is 152 Å². The van der Waals surface area contributed by atoms with Gasteiger partial charge >= 0.3 is 12.0 Å². The topological polar surface area (TPSA) is 76.7 Å². The minimum atomic E-state index is -0.608. The fourth-order valence-corrected chi connectivity index (χ4v) is 3.11. The number of ether oxygens (including phenoxy) is 2. The van der Waals surface area contributed by atoms with E-state index in [-0.39, 0.29) is 6.03 Å². The van der Waals surface area contributed by atoms with Crippen molar-refractivity contribution in [2.75, 3.05) is 24.7 Å². The van der Waals surface area contributed by atoms with Crippen LogP contribution in [0.15, 0.2) is 35.5 Å². The molecule has 7 heteroatoms. The van der Waals surface area contributed by atoms with E-state index < -0.39 is 12.0 Å². The third kappa shape index (κ3) is 4.92. The van der Waals surface area contributed by atoms with Gasteiger partial charge in [-0.3, -0.25) is 0 Å². The van der Waals surface area contributed by atoms with Crippen LogP contribution in [0.2, 0.25) is 0 Å². The molecule has 1 aliphatic heterocycles. The summed E-state index contributed by atoms with van der Waals surface area (Å²) in [6.45, 7) is 6.47. The molecule has 0 radical (unpaired) electrons. The van der Waals surface area contributed by atoms with Crippen LogP contribution in [0.4, 0.5) is 4.79 Å². The lowest BCUT2D eigenvalue weighted by molar-refractivity contribution is -0.138. The van der Waals surface area contributed by atoms with Gasteiger partial charge in [-0.15, -0.1) is 0 Å². The summed E-state index contributed by atoms with van der Waals surface area (Å²) in [5, 5.41) is 5.45. The predicted octanol–water partition coefficient (Wildman–Crippen LogP) is 3.01. The monoisotopic (exact) mass is 364 g/mol. The van der Waals surface area contributed by atoms with Crippen molar-refractivity contribution in [1.29, 1.82) is 0 Å². The molecule has 1 aliphatic rings. The molecule has 1 aromatic carbocycles. The Morgan fingerprint density at radius 3 is 2.76 bits per heavy atom. The van der Waals surface area contributed by atoms with Crippen molar-refractivity contribution in [2.45, 2.75) is 26.8 Å². The molecule has 0 fully saturated rings. The van der Waals surface area contributed by atoms with E-state index >= 15 is 0 Å². The van der Waals surface area contributed by atoms with Gasteiger partial charge in [-0.05, 0) is 25.7 Å². The van der Waals surface area contributed by atoms with E-state index in [1.165, 1.54) is 0 Å². The van der Waals surface area contributed by atoms with Gasteiger partial charge in [0.05, 0.1) is 18.2 Å². The number of allylic oxidation sites excluding steroid dienone is 1. The quantitative estimate of drug-likeness (QED) is 0.548. The maximum atomic E-state index is 12.6. The number of hydrogen-bond donors (Lipinski definition) is 2. The molecular weight excluding hydrogens is 340 g/mol. The first-order chi connectivity index (χ1) is 12.1. The molecule has 0 spiro atoms. The van der Waals surface area contributed by atoms with Crippen LogP contribution >= 0.6 is 11.8 Å². The summed E-state index contributed by atoms with van der Waals surface area (Å²) in [5.41, 5.74) is 1.62. The van der Waals surface area contributed by atoms with Gasteiger partial charge in [-0.1, -0.05) is 25.1 Å². The average Bonchev–Trinajstić information content (AvgIpc) is 2.58. The average molecular weight is 364 g/mol. The zero-order valence-electron chi connectivity index (χ0n) is 14.8. The van der Waals surface area contributed by atoms with Crippen molar-refractivity contribution < 1.29 is 19.1 Å². The smallest absolute Gasteiger partial charge is 0.338 e. The number of urea groups is 1. The van der Waals surface area contributed by atoms with Gasteiger partial charge in [0.1, 0.15) is 12.4 Å². The summed E-state index contributed by atoms with van der Waals surface area (Å²) < 4.78 is 11.0. The van der Waals surface area contributed by atoms with Crippen LogP contribution in [0.3, 0.4) is 0 Å². The van der Waals surface area contributed by atoms with Crippen LogP contribution in [0.25, 0.3) is 0 Å². The first-order valence-corrected chi connectivity index (χ1v) is 9.48. The molecule has 25 heavy (non-hydrogen) atoms. The Hall–Kier alpha value is -2.15. The number of carbonyl (C=O) groups excluding carboxylic acids is 2. The second kappa shape index (κ2) is 9.36. The highest BCUT2D eigenvalue weighted by Gasteiger charge is 2.33. The van der Waals surface area contributed by atoms with Crippen LogP contribution in [-0.2, 0) is 9.53 Å². The summed E-state index contributed by atoms with van der Waals surface area (Å²) in [6, 6.07) is 6.41. The van der Waals surface area contributed by atoms with Gasteiger partial charge in [0.25, 0.3) is 0 Å². The lowest BCUT2D eigenvalue weighted by Gasteiger charge is -2.29. The number of thioether (sulfide) groups is 1. The number of nitrogens with one attached hydrogen (secondary N) is 2. The van der Waals surface area contributed by atoms with Crippen LogP contribution in [0.5, 0.6) is 5.75 Å². The van der Waals surface area contributed by atoms with E-state index in [1.807, 2.05) is 31.2 Å². The standard InChI is InChI=1S/C18H24N2O4S/c1-4-23-14-9-7-6-8-13(14)16-15(12(3)19-18(22)20-16)17(21)24-10-11-25-5-2/h6-9,16H,4-5,10-11H2,1-3H3,(H2,19,20,22)/t16-/m1/s1. The minimum absolute atomic E-state index is 0.335. The molecule has 2 rings (SSSR count). The summed E-state index contributed by atoms with van der Waals surface area (Å²) in [5.74, 6) is 1.92. The van der Waals surface area contributed by atoms with Crippen LogP contribution < -0.4 is 15.4 Å². The number of carbonyl (C=O) groups is 2. The highest BCUT2D eigenvalue weighted by atomic mass is 32.2. The Morgan fingerprint density at radius 1 is 1.28 bits per heavy atom. The van der Waals surface area contributed by atoms with E-state index in [9.17, 15) is 9.59 Å². The molecule has 0 aliphatic carbocycles. The van der Waals surface area contributed by atoms with Gasteiger partial charge in [0.2, 0.25) is 0 Å². The number of esters is 1. The molecule has 0 saturated heterocycles. The molecule has 0 unspecified atom stereocenters. The second-order valence-electron chi connectivity index (χ2n) is 5.37. The van der Waals surface area contributed by atoms with Gasteiger partial charge in [0, 0.05) is 17.0 Å². The highest BCUT2D eigenvalue weighted by Crippen LogP contribution is 2.33. The number of rotatable bonds is 8. The maximum absolute atomic E-state index is 12.6. The molecule has 2 N–H and O–H groups in total. The Bertz CT molecular complexity index is 660. The van der Waals surface area contributed by atoms with Gasteiger partial charge < -0.3 is 20.1 Å². The zero-order valence-corrected chi connectivity index (χ0v) is 15.6. The summed E-state index contributed by atoms with van der Waals surface area (Å²) in [4.78, 5) is 24.6. The van der Waals surface area contributed by atoms with Crippen LogP contribution in [0, 0.1) is 0 Å². The Morgan fingerprint density at radius 2 is 2.04 bits per heavy atom. The van der Waals surface area contributed by atoms with Crippen molar-refractivity contribution in [3.05, 3.63) is 41.1 Å². The second-order valence-corrected chi connectivity index (χ2v) is 6.77. The molecule has 1 atom stereocenters. The van der Waals surface area contributed by atoms with E-state index in [2.05, 4.69) is 17.6 Å². The van der Waals surface area contributed by atoms with E-state index in [4.69, 9.17) is 9.47 Å². The highest BCUT2D eigenvalue weighted by molar-refractivity contribution is 7.99. The van der Waals surface area contributed by atoms with Crippen molar-refractivity contribution in [3.63, 3.8) is 0 Å². The molecular formula is C18H24N2O4S. The fraction of sp³-hybridized carbons (Fsp3) is 0.444. The molecule has 0 saturated carbocycles. The number of hydrogen-bond acceptors (Lipinski definition) is 5. The minimum Gasteiger partial charge on any atom is -0.494 e. The van der Waals surface area contributed by atoms with Crippen molar-refractivity contribution in [3.8, 4) is 5.75 Å². The summed E-state index contributed by atoms with van der Waals surface area (Å²) >= 11 is 1.71. The normalized spacial score (nSPS) is 16.9. The third-order valence-electron chi connectivity index (χ3n) is 3.68. The molecule has 136 valence electrons. The summed E-state index contributed by atoms with van der Waals surface area (Å²) in [7, 11) is 0. The molecule has 6 nitrogen and oxygen atoms in total.